The number of anilines is 1. The number of carbonyl (C=O) groups is 2. The lowest BCUT2D eigenvalue weighted by Gasteiger charge is -2.31. The molecule has 9 nitrogen and oxygen atoms in total. The average molecular weight is 383 g/mol. The first-order chi connectivity index (χ1) is 13.5. The van der Waals surface area contributed by atoms with Crippen molar-refractivity contribution in [3.8, 4) is 0 Å². The lowest BCUT2D eigenvalue weighted by atomic mass is 10.2. The predicted molar refractivity (Wildman–Crippen MR) is 105 cm³/mol. The van der Waals surface area contributed by atoms with Gasteiger partial charge in [-0.3, -0.25) is 19.7 Å². The van der Waals surface area contributed by atoms with Crippen LogP contribution in [0.4, 0.5) is 11.4 Å². The molecule has 0 aliphatic heterocycles. The number of carbonyl (C=O) groups excluding carboxylic acids is 2. The minimum absolute atomic E-state index is 0.0732. The van der Waals surface area contributed by atoms with E-state index < -0.39 is 4.92 Å². The number of hydrogen-bond donors (Lipinski definition) is 1. The van der Waals surface area contributed by atoms with Crippen LogP contribution >= 0.6 is 0 Å². The van der Waals surface area contributed by atoms with Gasteiger partial charge in [-0.25, -0.2) is 5.43 Å². The number of hydrogen-bond acceptors (Lipinski definition) is 6. The van der Waals surface area contributed by atoms with Crippen molar-refractivity contribution in [2.75, 3.05) is 5.12 Å². The molecule has 2 aromatic rings. The Kier molecular flexibility index (Phi) is 7.21. The summed E-state index contributed by atoms with van der Waals surface area (Å²) in [6.07, 6.45) is 1.71. The summed E-state index contributed by atoms with van der Waals surface area (Å²) in [5, 5.41) is 17.5. The quantitative estimate of drug-likeness (QED) is 0.449. The van der Waals surface area contributed by atoms with Crippen molar-refractivity contribution in [3.63, 3.8) is 0 Å². The monoisotopic (exact) mass is 383 g/mol. The van der Waals surface area contributed by atoms with Crippen LogP contribution in [0.25, 0.3) is 0 Å². The number of hydrazine groups is 2. The van der Waals surface area contributed by atoms with Crippen LogP contribution in [0.3, 0.4) is 0 Å². The third-order valence-electron chi connectivity index (χ3n) is 3.66. The molecule has 9 heteroatoms. The van der Waals surface area contributed by atoms with Gasteiger partial charge in [-0.2, -0.15) is 10.2 Å². The van der Waals surface area contributed by atoms with E-state index in [2.05, 4.69) is 10.5 Å². The van der Waals surface area contributed by atoms with Crippen molar-refractivity contribution in [2.24, 2.45) is 5.10 Å². The largest absolute Gasteiger partial charge is 0.273 e. The van der Waals surface area contributed by atoms with E-state index in [4.69, 9.17) is 0 Å². The Morgan fingerprint density at radius 3 is 2.43 bits per heavy atom. The first-order valence-electron chi connectivity index (χ1n) is 8.72. The Balaban J connectivity index is 2.43. The molecule has 0 saturated carbocycles. The zero-order valence-electron chi connectivity index (χ0n) is 15.6. The Bertz CT molecular complexity index is 870. The van der Waals surface area contributed by atoms with E-state index >= 15 is 0 Å². The molecule has 0 fully saturated rings. The molecule has 0 unspecified atom stereocenters. The fourth-order valence-electron chi connectivity index (χ4n) is 2.20. The molecule has 2 aromatic carbocycles. The van der Waals surface area contributed by atoms with E-state index in [0.29, 0.717) is 11.3 Å². The predicted octanol–water partition coefficient (Wildman–Crippen LogP) is 3.03. The number of benzene rings is 2. The number of nitro benzene ring substituents is 1. The number of para-hydroxylation sites is 1. The van der Waals surface area contributed by atoms with Crippen molar-refractivity contribution in [1.82, 2.24) is 10.5 Å². The van der Waals surface area contributed by atoms with Gasteiger partial charge in [0.25, 0.3) is 11.6 Å². The molecule has 0 heterocycles. The maximum Gasteiger partial charge on any atom is 0.270 e. The van der Waals surface area contributed by atoms with Crippen molar-refractivity contribution in [1.29, 1.82) is 0 Å². The van der Waals surface area contributed by atoms with Gasteiger partial charge < -0.3 is 0 Å². The second kappa shape index (κ2) is 9.81. The van der Waals surface area contributed by atoms with Gasteiger partial charge in [0, 0.05) is 30.5 Å². The van der Waals surface area contributed by atoms with E-state index in [1.54, 1.807) is 50.2 Å². The van der Waals surface area contributed by atoms with Gasteiger partial charge in [-0.05, 0) is 12.1 Å². The summed E-state index contributed by atoms with van der Waals surface area (Å²) in [6.45, 7) is 3.34. The van der Waals surface area contributed by atoms with Gasteiger partial charge in [0.05, 0.1) is 16.8 Å². The highest BCUT2D eigenvalue weighted by Gasteiger charge is 2.22. The van der Waals surface area contributed by atoms with Crippen LogP contribution in [-0.2, 0) is 9.59 Å². The summed E-state index contributed by atoms with van der Waals surface area (Å²) in [4.78, 5) is 34.8. The molecule has 1 N–H and O–H groups in total. The van der Waals surface area contributed by atoms with Gasteiger partial charge in [0.1, 0.15) is 0 Å². The van der Waals surface area contributed by atoms with Crippen molar-refractivity contribution in [2.45, 2.75) is 26.7 Å². The summed E-state index contributed by atoms with van der Waals surface area (Å²) in [6, 6.07) is 14.7. The lowest BCUT2D eigenvalue weighted by Crippen LogP contribution is -2.54. The van der Waals surface area contributed by atoms with Crippen molar-refractivity contribution in [3.05, 3.63) is 70.3 Å². The van der Waals surface area contributed by atoms with Crippen LogP contribution in [0.1, 0.15) is 32.3 Å². The molecule has 2 amide bonds. The minimum Gasteiger partial charge on any atom is -0.273 e. The lowest BCUT2D eigenvalue weighted by molar-refractivity contribution is -0.384. The van der Waals surface area contributed by atoms with Crippen LogP contribution in [0.2, 0.25) is 0 Å². The zero-order chi connectivity index (χ0) is 20.5. The Morgan fingerprint density at radius 1 is 1.11 bits per heavy atom. The molecular formula is C19H21N5O4. The molecule has 0 saturated heterocycles. The summed E-state index contributed by atoms with van der Waals surface area (Å²) < 4.78 is 0. The molecule has 0 bridgehead atoms. The average Bonchev–Trinajstić information content (AvgIpc) is 2.73. The third-order valence-corrected chi connectivity index (χ3v) is 3.66. The van der Waals surface area contributed by atoms with Crippen LogP contribution in [0, 0.1) is 10.1 Å². The highest BCUT2D eigenvalue weighted by atomic mass is 16.6. The fourth-order valence-corrected chi connectivity index (χ4v) is 2.20. The van der Waals surface area contributed by atoms with E-state index in [-0.39, 0.29) is 30.3 Å². The number of nitro groups is 1. The van der Waals surface area contributed by atoms with Gasteiger partial charge in [0.15, 0.2) is 0 Å². The zero-order valence-corrected chi connectivity index (χ0v) is 15.6. The highest BCUT2D eigenvalue weighted by molar-refractivity contribution is 5.85. The smallest absolute Gasteiger partial charge is 0.270 e. The van der Waals surface area contributed by atoms with E-state index in [1.807, 2.05) is 6.07 Å². The van der Waals surface area contributed by atoms with E-state index in [0.717, 1.165) is 5.12 Å². The van der Waals surface area contributed by atoms with Gasteiger partial charge in [0.2, 0.25) is 5.91 Å². The number of nitrogens with one attached hydrogen (secondary N) is 1. The second-order valence-electron chi connectivity index (χ2n) is 5.67. The molecule has 0 spiro atoms. The third kappa shape index (κ3) is 5.37. The number of nitrogens with zero attached hydrogens (tertiary/aromatic N) is 4. The first kappa shape index (κ1) is 20.6. The van der Waals surface area contributed by atoms with Gasteiger partial charge in [-0.15, -0.1) is 5.12 Å². The number of non-ortho nitro benzene ring substituents is 1. The Hall–Kier alpha value is -3.75. The summed E-state index contributed by atoms with van der Waals surface area (Å²) in [5.74, 6) is -0.727. The van der Waals surface area contributed by atoms with E-state index in [1.165, 1.54) is 23.5 Å². The molecule has 0 atom stereocenters. The van der Waals surface area contributed by atoms with Crippen LogP contribution < -0.4 is 10.5 Å². The molecule has 28 heavy (non-hydrogen) atoms. The maximum atomic E-state index is 12.4. The highest BCUT2D eigenvalue weighted by Crippen LogP contribution is 2.17. The van der Waals surface area contributed by atoms with Gasteiger partial charge >= 0.3 is 0 Å². The Morgan fingerprint density at radius 2 is 1.82 bits per heavy atom. The van der Waals surface area contributed by atoms with Crippen molar-refractivity contribution >= 4 is 29.4 Å². The summed E-state index contributed by atoms with van der Waals surface area (Å²) in [7, 11) is 0. The molecule has 0 aliphatic carbocycles. The second-order valence-corrected chi connectivity index (χ2v) is 5.67. The topological polar surface area (TPSA) is 108 Å². The maximum absolute atomic E-state index is 12.4. The molecule has 0 aromatic heterocycles. The Labute approximate surface area is 162 Å². The van der Waals surface area contributed by atoms with Crippen LogP contribution in [-0.4, -0.2) is 28.1 Å². The summed E-state index contributed by atoms with van der Waals surface area (Å²) >= 11 is 0. The fraction of sp³-hybridized carbons (Fsp3) is 0.211. The van der Waals surface area contributed by atoms with Crippen LogP contribution in [0.5, 0.6) is 0 Å². The number of rotatable bonds is 7. The van der Waals surface area contributed by atoms with Crippen molar-refractivity contribution < 1.29 is 14.5 Å². The molecule has 146 valence electrons. The molecule has 2 rings (SSSR count). The number of amides is 2. The molecule has 0 radical (unpaired) electrons. The number of hydrazone groups is 1. The van der Waals surface area contributed by atoms with Crippen LogP contribution in [0.15, 0.2) is 59.7 Å². The molecular weight excluding hydrogens is 362 g/mol. The van der Waals surface area contributed by atoms with E-state index in [9.17, 15) is 19.7 Å². The summed E-state index contributed by atoms with van der Waals surface area (Å²) in [5.41, 5.74) is 3.46. The minimum atomic E-state index is -0.499. The SMILES string of the molecule is CCC(=O)NN(C(=O)CC)N(/N=C/c1cccc([N+](=O)[O-])c1)c1ccccc1. The van der Waals surface area contributed by atoms with Gasteiger partial charge in [-0.1, -0.05) is 44.2 Å². The first-order valence-corrected chi connectivity index (χ1v) is 8.72. The standard InChI is InChI=1S/C19H21N5O4/c1-3-18(25)21-23(19(26)4-2)22(16-10-6-5-7-11-16)20-14-15-9-8-12-17(13-15)24(27)28/h5-14H,3-4H2,1-2H3,(H,21,25)/b20-14+. The molecule has 0 aliphatic rings. The normalized spacial score (nSPS) is 10.5.